The molecule has 1 fully saturated rings. The van der Waals surface area contributed by atoms with Gasteiger partial charge in [-0.1, -0.05) is 6.42 Å². The summed E-state index contributed by atoms with van der Waals surface area (Å²) in [6, 6.07) is 4.41. The molecule has 0 radical (unpaired) electrons. The minimum atomic E-state index is -0.571. The zero-order valence-corrected chi connectivity index (χ0v) is 13.3. The van der Waals surface area contributed by atoms with E-state index in [1.807, 2.05) is 0 Å². The average Bonchev–Trinajstić information content (AvgIpc) is 2.89. The highest BCUT2D eigenvalue weighted by molar-refractivity contribution is 6.25. The van der Waals surface area contributed by atoms with E-state index in [0.29, 0.717) is 5.69 Å². The van der Waals surface area contributed by atoms with Crippen molar-refractivity contribution in [2.45, 2.75) is 31.8 Å². The van der Waals surface area contributed by atoms with Crippen LogP contribution in [0.2, 0.25) is 0 Å². The number of carbonyl (C=O) groups excluding carboxylic acids is 4. The highest BCUT2D eigenvalue weighted by atomic mass is 16.5. The molecule has 0 spiro atoms. The standard InChI is InChI=1S/C18H16N2O5/c21-15-11-3-1-2-4-14(11)25-8-13(15)18(24)19-9-5-6-10-12(7-9)17(23)20-16(10)22/h5-8,11,14H,1-4H2,(H,19,24)(H,20,22,23). The van der Waals surface area contributed by atoms with Gasteiger partial charge in [-0.3, -0.25) is 24.5 Å². The van der Waals surface area contributed by atoms with Gasteiger partial charge in [-0.2, -0.15) is 0 Å². The third kappa shape index (κ3) is 2.61. The monoisotopic (exact) mass is 340 g/mol. The van der Waals surface area contributed by atoms with Gasteiger partial charge in [-0.15, -0.1) is 0 Å². The predicted molar refractivity (Wildman–Crippen MR) is 86.8 cm³/mol. The highest BCUT2D eigenvalue weighted by Gasteiger charge is 2.39. The fourth-order valence-electron chi connectivity index (χ4n) is 3.58. The number of Topliss-reactive ketones (excluding diaryl/α,β-unsaturated/α-hetero) is 1. The molecule has 128 valence electrons. The summed E-state index contributed by atoms with van der Waals surface area (Å²) in [5.41, 5.74) is 0.803. The summed E-state index contributed by atoms with van der Waals surface area (Å²) in [4.78, 5) is 48.2. The van der Waals surface area contributed by atoms with Crippen molar-refractivity contribution >= 4 is 29.2 Å². The second kappa shape index (κ2) is 5.84. The Bertz CT molecular complexity index is 842. The lowest BCUT2D eigenvalue weighted by Gasteiger charge is -2.33. The Balaban J connectivity index is 1.54. The van der Waals surface area contributed by atoms with E-state index >= 15 is 0 Å². The van der Waals surface area contributed by atoms with Crippen molar-refractivity contribution in [3.8, 4) is 0 Å². The van der Waals surface area contributed by atoms with E-state index in [4.69, 9.17) is 4.74 Å². The first-order chi connectivity index (χ1) is 12.0. The number of hydrogen-bond donors (Lipinski definition) is 2. The van der Waals surface area contributed by atoms with E-state index in [0.717, 1.165) is 25.7 Å². The van der Waals surface area contributed by atoms with Crippen LogP contribution >= 0.6 is 0 Å². The molecule has 0 bridgehead atoms. The summed E-state index contributed by atoms with van der Waals surface area (Å²) in [6.07, 6.45) is 4.66. The zero-order valence-electron chi connectivity index (χ0n) is 13.3. The average molecular weight is 340 g/mol. The fourth-order valence-corrected chi connectivity index (χ4v) is 3.58. The summed E-state index contributed by atoms with van der Waals surface area (Å²) < 4.78 is 5.58. The molecular weight excluding hydrogens is 324 g/mol. The lowest BCUT2D eigenvalue weighted by molar-refractivity contribution is -0.129. The fraction of sp³-hybridized carbons (Fsp3) is 0.333. The van der Waals surface area contributed by atoms with Gasteiger partial charge in [0.15, 0.2) is 5.78 Å². The van der Waals surface area contributed by atoms with Gasteiger partial charge in [0.05, 0.1) is 23.3 Å². The maximum atomic E-state index is 12.6. The Labute approximate surface area is 143 Å². The minimum Gasteiger partial charge on any atom is -0.496 e. The first kappa shape index (κ1) is 15.6. The summed E-state index contributed by atoms with van der Waals surface area (Å²) in [7, 11) is 0. The van der Waals surface area contributed by atoms with Gasteiger partial charge in [-0.05, 0) is 37.5 Å². The molecule has 7 nitrogen and oxygen atoms in total. The van der Waals surface area contributed by atoms with Crippen molar-refractivity contribution in [2.24, 2.45) is 5.92 Å². The van der Waals surface area contributed by atoms with Crippen molar-refractivity contribution in [2.75, 3.05) is 5.32 Å². The van der Waals surface area contributed by atoms with Gasteiger partial charge >= 0.3 is 0 Å². The van der Waals surface area contributed by atoms with E-state index in [-0.39, 0.29) is 34.5 Å². The van der Waals surface area contributed by atoms with Crippen LogP contribution in [-0.2, 0) is 14.3 Å². The van der Waals surface area contributed by atoms with Crippen LogP contribution in [0.15, 0.2) is 30.0 Å². The van der Waals surface area contributed by atoms with Crippen LogP contribution in [-0.4, -0.2) is 29.6 Å². The van der Waals surface area contributed by atoms with Crippen LogP contribution in [0.4, 0.5) is 5.69 Å². The number of imide groups is 1. The molecule has 2 aliphatic heterocycles. The number of rotatable bonds is 2. The molecule has 1 aliphatic carbocycles. The Morgan fingerprint density at radius 3 is 2.68 bits per heavy atom. The van der Waals surface area contributed by atoms with Crippen molar-refractivity contribution in [1.29, 1.82) is 0 Å². The number of fused-ring (bicyclic) bond motifs is 2. The molecule has 0 saturated heterocycles. The van der Waals surface area contributed by atoms with Gasteiger partial charge < -0.3 is 10.1 Å². The predicted octanol–water partition coefficient (Wildman–Crippen LogP) is 1.55. The van der Waals surface area contributed by atoms with E-state index < -0.39 is 17.7 Å². The van der Waals surface area contributed by atoms with Gasteiger partial charge in [0.2, 0.25) is 0 Å². The van der Waals surface area contributed by atoms with Crippen LogP contribution in [0.1, 0.15) is 46.4 Å². The molecule has 0 aromatic heterocycles. The first-order valence-corrected chi connectivity index (χ1v) is 8.25. The number of hydrogen-bond acceptors (Lipinski definition) is 5. The zero-order chi connectivity index (χ0) is 17.6. The first-order valence-electron chi connectivity index (χ1n) is 8.25. The Hall–Kier alpha value is -2.96. The largest absolute Gasteiger partial charge is 0.496 e. The normalized spacial score (nSPS) is 24.6. The number of ether oxygens (including phenoxy) is 1. The Morgan fingerprint density at radius 1 is 1.08 bits per heavy atom. The number of nitrogens with one attached hydrogen (secondary N) is 2. The Kier molecular flexibility index (Phi) is 3.63. The topological polar surface area (TPSA) is 102 Å². The third-order valence-corrected chi connectivity index (χ3v) is 4.90. The van der Waals surface area contributed by atoms with Crippen molar-refractivity contribution in [1.82, 2.24) is 5.32 Å². The molecule has 25 heavy (non-hydrogen) atoms. The van der Waals surface area contributed by atoms with Crippen LogP contribution in [0.5, 0.6) is 0 Å². The maximum Gasteiger partial charge on any atom is 0.262 e. The van der Waals surface area contributed by atoms with E-state index in [9.17, 15) is 19.2 Å². The molecule has 1 aromatic rings. The lowest BCUT2D eigenvalue weighted by atomic mass is 9.80. The second-order valence-corrected chi connectivity index (χ2v) is 6.46. The molecule has 3 amide bonds. The van der Waals surface area contributed by atoms with Crippen molar-refractivity contribution < 1.29 is 23.9 Å². The summed E-state index contributed by atoms with van der Waals surface area (Å²) in [6.45, 7) is 0. The minimum absolute atomic E-state index is 0.0100. The quantitative estimate of drug-likeness (QED) is 0.628. The third-order valence-electron chi connectivity index (χ3n) is 4.90. The summed E-state index contributed by atoms with van der Waals surface area (Å²) in [5.74, 6) is -1.98. The van der Waals surface area contributed by atoms with Crippen LogP contribution in [0.25, 0.3) is 0 Å². The smallest absolute Gasteiger partial charge is 0.262 e. The molecule has 2 N–H and O–H groups in total. The molecule has 3 aliphatic rings. The Morgan fingerprint density at radius 2 is 1.84 bits per heavy atom. The number of benzene rings is 1. The molecule has 1 aromatic carbocycles. The number of amides is 3. The van der Waals surface area contributed by atoms with E-state index in [1.54, 1.807) is 0 Å². The van der Waals surface area contributed by atoms with Crippen LogP contribution < -0.4 is 10.6 Å². The number of carbonyl (C=O) groups is 4. The van der Waals surface area contributed by atoms with Gasteiger partial charge in [0.1, 0.15) is 11.7 Å². The second-order valence-electron chi connectivity index (χ2n) is 6.46. The molecule has 1 saturated carbocycles. The molecule has 7 heteroatoms. The number of anilines is 1. The maximum absolute atomic E-state index is 12.6. The van der Waals surface area contributed by atoms with Gasteiger partial charge in [0.25, 0.3) is 17.7 Å². The molecule has 2 unspecified atom stereocenters. The van der Waals surface area contributed by atoms with Crippen molar-refractivity contribution in [3.63, 3.8) is 0 Å². The number of ketones is 1. The SMILES string of the molecule is O=C(Nc1ccc2c(c1)C(=O)NC2=O)C1=COC2CCCCC2C1=O. The van der Waals surface area contributed by atoms with E-state index in [1.165, 1.54) is 24.5 Å². The van der Waals surface area contributed by atoms with Gasteiger partial charge in [0, 0.05) is 5.69 Å². The van der Waals surface area contributed by atoms with Gasteiger partial charge in [-0.25, -0.2) is 0 Å². The van der Waals surface area contributed by atoms with Crippen LogP contribution in [0.3, 0.4) is 0 Å². The van der Waals surface area contributed by atoms with E-state index in [2.05, 4.69) is 10.6 Å². The molecule has 4 rings (SSSR count). The highest BCUT2D eigenvalue weighted by Crippen LogP contribution is 2.33. The van der Waals surface area contributed by atoms with Crippen molar-refractivity contribution in [3.05, 3.63) is 41.2 Å². The van der Waals surface area contributed by atoms with Crippen LogP contribution in [0, 0.1) is 5.92 Å². The lowest BCUT2D eigenvalue weighted by Crippen LogP contribution is -2.39. The molecule has 2 atom stereocenters. The molecular formula is C18H16N2O5. The summed E-state index contributed by atoms with van der Waals surface area (Å²) in [5, 5.41) is 4.79. The summed E-state index contributed by atoms with van der Waals surface area (Å²) >= 11 is 0. The molecule has 2 heterocycles.